The molecule has 1 aliphatic heterocycles. The van der Waals surface area contributed by atoms with Gasteiger partial charge in [-0.2, -0.15) is 0 Å². The standard InChI is InChI=1S/C22H29N5O2/c1-16(29)27-12-4-8-22(15-27)9-7-18-19(22)24-20(17-6-3-10-23-14-17)25-21(18)26(2)11-5-13-28/h3,6,10,14,28H,4-5,7-9,11-13,15H2,1-2H3. The molecule has 1 unspecified atom stereocenters. The van der Waals surface area contributed by atoms with Gasteiger partial charge in [-0.05, 0) is 44.2 Å². The van der Waals surface area contributed by atoms with Crippen molar-refractivity contribution in [3.8, 4) is 11.4 Å². The van der Waals surface area contributed by atoms with Gasteiger partial charge < -0.3 is 14.9 Å². The van der Waals surface area contributed by atoms with Crippen LogP contribution in [-0.4, -0.2) is 64.2 Å². The third-order valence-electron chi connectivity index (χ3n) is 6.30. The van der Waals surface area contributed by atoms with E-state index < -0.39 is 0 Å². The van der Waals surface area contributed by atoms with E-state index in [1.54, 1.807) is 19.3 Å². The van der Waals surface area contributed by atoms with Gasteiger partial charge in [-0.1, -0.05) is 0 Å². The van der Waals surface area contributed by atoms with Gasteiger partial charge in [0.2, 0.25) is 5.91 Å². The normalized spacial score (nSPS) is 20.7. The van der Waals surface area contributed by atoms with Gasteiger partial charge in [-0.3, -0.25) is 9.78 Å². The number of pyridine rings is 1. The smallest absolute Gasteiger partial charge is 0.219 e. The van der Waals surface area contributed by atoms with Crippen molar-refractivity contribution in [1.29, 1.82) is 0 Å². The van der Waals surface area contributed by atoms with E-state index in [0.717, 1.165) is 62.4 Å². The lowest BCUT2D eigenvalue weighted by molar-refractivity contribution is -0.131. The number of likely N-dealkylation sites (tertiary alicyclic amines) is 1. The number of aliphatic hydroxyl groups excluding tert-OH is 1. The molecule has 1 spiro atoms. The molecule has 4 rings (SSSR count). The number of carbonyl (C=O) groups excluding carboxylic acids is 1. The zero-order valence-corrected chi connectivity index (χ0v) is 17.3. The summed E-state index contributed by atoms with van der Waals surface area (Å²) < 4.78 is 0. The Morgan fingerprint density at radius 3 is 2.93 bits per heavy atom. The Balaban J connectivity index is 1.81. The molecular formula is C22H29N5O2. The molecule has 1 saturated heterocycles. The number of fused-ring (bicyclic) bond motifs is 2. The number of hydrogen-bond acceptors (Lipinski definition) is 6. The van der Waals surface area contributed by atoms with Crippen LogP contribution in [0.4, 0.5) is 5.82 Å². The molecule has 1 aliphatic carbocycles. The molecule has 2 aromatic rings. The first kappa shape index (κ1) is 19.8. The summed E-state index contributed by atoms with van der Waals surface area (Å²) in [6.45, 7) is 4.11. The van der Waals surface area contributed by atoms with Gasteiger partial charge >= 0.3 is 0 Å². The van der Waals surface area contributed by atoms with E-state index >= 15 is 0 Å². The predicted molar refractivity (Wildman–Crippen MR) is 112 cm³/mol. The van der Waals surface area contributed by atoms with Crippen molar-refractivity contribution in [3.63, 3.8) is 0 Å². The molecule has 0 radical (unpaired) electrons. The number of carbonyl (C=O) groups is 1. The quantitative estimate of drug-likeness (QED) is 0.836. The first-order valence-electron chi connectivity index (χ1n) is 10.4. The molecule has 1 fully saturated rings. The summed E-state index contributed by atoms with van der Waals surface area (Å²) in [6.07, 6.45) is 8.21. The highest BCUT2D eigenvalue weighted by molar-refractivity contribution is 5.73. The Bertz CT molecular complexity index is 888. The average Bonchev–Trinajstić information content (AvgIpc) is 3.09. The van der Waals surface area contributed by atoms with E-state index in [9.17, 15) is 9.90 Å². The van der Waals surface area contributed by atoms with Gasteiger partial charge in [0.25, 0.3) is 0 Å². The molecule has 0 aromatic carbocycles. The summed E-state index contributed by atoms with van der Waals surface area (Å²) >= 11 is 0. The van der Waals surface area contributed by atoms with Gasteiger partial charge in [-0.15, -0.1) is 0 Å². The fourth-order valence-electron chi connectivity index (χ4n) is 4.78. The second kappa shape index (κ2) is 8.06. The second-order valence-electron chi connectivity index (χ2n) is 8.26. The van der Waals surface area contributed by atoms with Gasteiger partial charge in [0.05, 0.1) is 5.69 Å². The fourth-order valence-corrected chi connectivity index (χ4v) is 4.78. The zero-order valence-electron chi connectivity index (χ0n) is 17.3. The highest BCUT2D eigenvalue weighted by Crippen LogP contribution is 2.47. The number of amides is 1. The number of hydrogen-bond donors (Lipinski definition) is 1. The van der Waals surface area contributed by atoms with Crippen molar-refractivity contribution in [2.45, 2.75) is 44.4 Å². The Labute approximate surface area is 171 Å². The van der Waals surface area contributed by atoms with Crippen molar-refractivity contribution in [3.05, 3.63) is 35.8 Å². The lowest BCUT2D eigenvalue weighted by atomic mass is 9.77. The number of rotatable bonds is 5. The van der Waals surface area contributed by atoms with Crippen LogP contribution in [0.3, 0.4) is 0 Å². The fraction of sp³-hybridized carbons (Fsp3) is 0.545. The van der Waals surface area contributed by atoms with Gasteiger partial charge in [0, 0.05) is 69.1 Å². The first-order valence-corrected chi connectivity index (χ1v) is 10.4. The third-order valence-corrected chi connectivity index (χ3v) is 6.30. The highest BCUT2D eigenvalue weighted by atomic mass is 16.3. The maximum atomic E-state index is 12.1. The number of nitrogens with zero attached hydrogens (tertiary/aromatic N) is 5. The summed E-state index contributed by atoms with van der Waals surface area (Å²) in [5, 5.41) is 9.26. The van der Waals surface area contributed by atoms with E-state index in [1.165, 1.54) is 5.56 Å². The van der Waals surface area contributed by atoms with E-state index in [2.05, 4.69) is 9.88 Å². The highest BCUT2D eigenvalue weighted by Gasteiger charge is 2.45. The molecule has 2 aromatic heterocycles. The molecule has 154 valence electrons. The van der Waals surface area contributed by atoms with Crippen LogP contribution in [0.1, 0.15) is 43.9 Å². The number of anilines is 1. The van der Waals surface area contributed by atoms with Crippen LogP contribution in [-0.2, 0) is 16.6 Å². The minimum atomic E-state index is -0.0915. The first-order chi connectivity index (χ1) is 14.0. The molecule has 1 amide bonds. The summed E-state index contributed by atoms with van der Waals surface area (Å²) in [7, 11) is 2.03. The SMILES string of the molecule is CC(=O)N1CCCC2(CCc3c(N(C)CCCO)nc(-c4cccnc4)nc32)C1. The Kier molecular flexibility index (Phi) is 5.50. The van der Waals surface area contributed by atoms with Gasteiger partial charge in [0.15, 0.2) is 5.82 Å². The van der Waals surface area contributed by atoms with Crippen LogP contribution < -0.4 is 4.90 Å². The van der Waals surface area contributed by atoms with Crippen molar-refractivity contribution in [1.82, 2.24) is 19.9 Å². The summed E-state index contributed by atoms with van der Waals surface area (Å²) in [4.78, 5) is 30.4. The molecule has 0 bridgehead atoms. The molecular weight excluding hydrogens is 366 g/mol. The van der Waals surface area contributed by atoms with Gasteiger partial charge in [0.1, 0.15) is 5.82 Å². The van der Waals surface area contributed by atoms with E-state index in [1.807, 2.05) is 24.1 Å². The topological polar surface area (TPSA) is 82.5 Å². The maximum Gasteiger partial charge on any atom is 0.219 e. The summed E-state index contributed by atoms with van der Waals surface area (Å²) in [5.41, 5.74) is 3.10. The van der Waals surface area contributed by atoms with E-state index in [0.29, 0.717) is 12.2 Å². The summed E-state index contributed by atoms with van der Waals surface area (Å²) in [6, 6.07) is 3.88. The zero-order chi connectivity index (χ0) is 20.4. The van der Waals surface area contributed by atoms with E-state index in [4.69, 9.17) is 9.97 Å². The summed E-state index contributed by atoms with van der Waals surface area (Å²) in [5.74, 6) is 1.77. The van der Waals surface area contributed by atoms with Crippen molar-refractivity contribution >= 4 is 11.7 Å². The van der Waals surface area contributed by atoms with Crippen LogP contribution in [0, 0.1) is 0 Å². The molecule has 0 saturated carbocycles. The monoisotopic (exact) mass is 395 g/mol. The van der Waals surface area contributed by atoms with Gasteiger partial charge in [-0.25, -0.2) is 9.97 Å². The number of aromatic nitrogens is 3. The minimum Gasteiger partial charge on any atom is -0.396 e. The Morgan fingerprint density at radius 1 is 1.34 bits per heavy atom. The van der Waals surface area contributed by atoms with Crippen LogP contribution in [0.25, 0.3) is 11.4 Å². The molecule has 1 atom stereocenters. The molecule has 1 N–H and O–H groups in total. The lowest BCUT2D eigenvalue weighted by Crippen LogP contribution is -2.47. The molecule has 7 nitrogen and oxygen atoms in total. The van der Waals surface area contributed by atoms with Crippen LogP contribution in [0.5, 0.6) is 0 Å². The Hall–Kier alpha value is -2.54. The number of aliphatic hydroxyl groups is 1. The molecule has 29 heavy (non-hydrogen) atoms. The van der Waals surface area contributed by atoms with Crippen LogP contribution in [0.2, 0.25) is 0 Å². The third kappa shape index (κ3) is 3.71. The van der Waals surface area contributed by atoms with Crippen LogP contribution >= 0.6 is 0 Å². The lowest BCUT2D eigenvalue weighted by Gasteiger charge is -2.40. The average molecular weight is 396 g/mol. The maximum absolute atomic E-state index is 12.1. The van der Waals surface area contributed by atoms with E-state index in [-0.39, 0.29) is 17.9 Å². The van der Waals surface area contributed by atoms with Crippen LogP contribution in [0.15, 0.2) is 24.5 Å². The number of piperidine rings is 1. The predicted octanol–water partition coefficient (Wildman–Crippen LogP) is 2.18. The van der Waals surface area contributed by atoms with Crippen molar-refractivity contribution in [2.24, 2.45) is 0 Å². The second-order valence-corrected chi connectivity index (χ2v) is 8.26. The molecule has 3 heterocycles. The molecule has 2 aliphatic rings. The minimum absolute atomic E-state index is 0.0915. The van der Waals surface area contributed by atoms with Crippen molar-refractivity contribution in [2.75, 3.05) is 38.2 Å². The molecule has 7 heteroatoms. The van der Waals surface area contributed by atoms with Crippen molar-refractivity contribution < 1.29 is 9.90 Å². The Morgan fingerprint density at radius 2 is 2.21 bits per heavy atom. The largest absolute Gasteiger partial charge is 0.396 e.